The molecule has 36 heavy (non-hydrogen) atoms. The summed E-state index contributed by atoms with van der Waals surface area (Å²) in [7, 11) is 7.65. The van der Waals surface area contributed by atoms with E-state index in [2.05, 4.69) is 0 Å². The van der Waals surface area contributed by atoms with Gasteiger partial charge in [0, 0.05) is 24.3 Å². The summed E-state index contributed by atoms with van der Waals surface area (Å²) in [5.41, 5.74) is 1.56. The lowest BCUT2D eigenvalue weighted by Crippen LogP contribution is -2.54. The molecule has 0 spiro atoms. The Kier molecular flexibility index (Phi) is 7.93. The Morgan fingerprint density at radius 3 is 1.28 bits per heavy atom. The van der Waals surface area contributed by atoms with E-state index in [0.717, 1.165) is 11.1 Å². The molecule has 0 saturated carbocycles. The summed E-state index contributed by atoms with van der Waals surface area (Å²) < 4.78 is 24.7. The van der Waals surface area contributed by atoms with Gasteiger partial charge in [-0.05, 0) is 63.6 Å². The van der Waals surface area contributed by atoms with Crippen LogP contribution in [0.5, 0.6) is 0 Å². The largest absolute Gasteiger partial charge is 0.346 e. The molecular weight excluding hydrogens is 472 g/mol. The van der Waals surface area contributed by atoms with Crippen LogP contribution in [0.25, 0.3) is 0 Å². The average molecular weight is 503 g/mol. The molecule has 0 bridgehead atoms. The molecule has 0 aliphatic carbocycles. The number of nitro groups is 2. The lowest BCUT2D eigenvalue weighted by molar-refractivity contribution is -0.385. The molecule has 2 heterocycles. The molecule has 4 rings (SSSR count). The molecule has 12 heteroatoms. The first kappa shape index (κ1) is 26.1. The Balaban J connectivity index is 1.55. The molecule has 0 aromatic heterocycles. The van der Waals surface area contributed by atoms with Crippen LogP contribution < -0.4 is 0 Å². The van der Waals surface area contributed by atoms with E-state index in [9.17, 15) is 20.2 Å². The van der Waals surface area contributed by atoms with Gasteiger partial charge >= 0.3 is 0 Å². The van der Waals surface area contributed by atoms with Crippen LogP contribution in [0.4, 0.5) is 11.4 Å². The Bertz CT molecular complexity index is 977. The molecule has 12 nitrogen and oxygen atoms in total. The summed E-state index contributed by atoms with van der Waals surface area (Å²) in [4.78, 5) is 25.2. The number of nitrogens with zero attached hydrogens (tertiary/aromatic N) is 4. The van der Waals surface area contributed by atoms with Crippen molar-refractivity contribution in [3.63, 3.8) is 0 Å². The van der Waals surface area contributed by atoms with Gasteiger partial charge in [-0.1, -0.05) is 0 Å². The van der Waals surface area contributed by atoms with Crippen molar-refractivity contribution < 1.29 is 28.8 Å². The highest BCUT2D eigenvalue weighted by atomic mass is 16.8. The topological polar surface area (TPSA) is 130 Å². The molecule has 2 aliphatic rings. The van der Waals surface area contributed by atoms with Crippen LogP contribution in [0.3, 0.4) is 0 Å². The summed E-state index contributed by atoms with van der Waals surface area (Å²) in [6.07, 6.45) is -2.55. The van der Waals surface area contributed by atoms with Crippen LogP contribution in [0.1, 0.15) is 23.3 Å². The minimum atomic E-state index is -0.843. The SMILES string of the molecule is CN(C)[C@H]1CO[C@@H]([C@@H]2OC[C@H](N(C)C)[C@H](c3ccc([N+](=O)[O-])cc3)O2)O[C@H]1c1ccc([N+](=O)[O-])cc1. The maximum atomic E-state index is 11.1. The zero-order valence-corrected chi connectivity index (χ0v) is 20.6. The zero-order valence-electron chi connectivity index (χ0n) is 20.6. The fraction of sp³-hybridized carbons (Fsp3) is 0.500. The molecule has 2 aromatic rings. The van der Waals surface area contributed by atoms with Gasteiger partial charge in [-0.15, -0.1) is 0 Å². The maximum Gasteiger partial charge on any atom is 0.269 e. The highest BCUT2D eigenvalue weighted by Crippen LogP contribution is 2.37. The van der Waals surface area contributed by atoms with Gasteiger partial charge in [-0.2, -0.15) is 0 Å². The molecule has 2 saturated heterocycles. The second kappa shape index (κ2) is 10.9. The quantitative estimate of drug-likeness (QED) is 0.411. The second-order valence-corrected chi connectivity index (χ2v) is 9.28. The average Bonchev–Trinajstić information content (AvgIpc) is 2.88. The monoisotopic (exact) mass is 502 g/mol. The van der Waals surface area contributed by atoms with E-state index in [1.807, 2.05) is 38.0 Å². The minimum absolute atomic E-state index is 0.00313. The molecule has 6 atom stereocenters. The second-order valence-electron chi connectivity index (χ2n) is 9.28. The number of nitro benzene ring substituents is 2. The van der Waals surface area contributed by atoms with Crippen LogP contribution in [0.2, 0.25) is 0 Å². The van der Waals surface area contributed by atoms with E-state index < -0.39 is 34.6 Å². The van der Waals surface area contributed by atoms with Crippen molar-refractivity contribution in [2.75, 3.05) is 41.4 Å². The van der Waals surface area contributed by atoms with E-state index in [0.29, 0.717) is 13.2 Å². The number of hydrogen-bond donors (Lipinski definition) is 0. The Labute approximate surface area is 208 Å². The predicted molar refractivity (Wildman–Crippen MR) is 128 cm³/mol. The molecule has 194 valence electrons. The molecule has 2 fully saturated rings. The van der Waals surface area contributed by atoms with E-state index >= 15 is 0 Å². The molecule has 0 amide bonds. The number of rotatable bonds is 7. The summed E-state index contributed by atoms with van der Waals surface area (Å²) in [5, 5.41) is 22.1. The standard InChI is InChI=1S/C24H30N4O8/c1-25(2)19-13-33-23(35-21(19)15-5-9-17(10-6-15)27(29)30)24-34-14-20(26(3)4)22(36-24)16-7-11-18(12-8-16)28(31)32/h5-12,19-24H,13-14H2,1-4H3/t19-,20-,21-,22-,23+,24+/m0/s1. The molecule has 0 unspecified atom stereocenters. The van der Waals surface area contributed by atoms with Crippen molar-refractivity contribution in [2.45, 2.75) is 36.9 Å². The van der Waals surface area contributed by atoms with E-state index in [-0.39, 0.29) is 23.5 Å². The zero-order chi connectivity index (χ0) is 26.0. The van der Waals surface area contributed by atoms with Gasteiger partial charge in [-0.3, -0.25) is 20.2 Å². The Morgan fingerprint density at radius 2 is 1.00 bits per heavy atom. The maximum absolute atomic E-state index is 11.1. The highest BCUT2D eigenvalue weighted by molar-refractivity contribution is 5.35. The number of ether oxygens (including phenoxy) is 4. The van der Waals surface area contributed by atoms with Gasteiger partial charge in [0.05, 0.1) is 35.1 Å². The Morgan fingerprint density at radius 1 is 0.667 bits per heavy atom. The number of likely N-dealkylation sites (N-methyl/N-ethyl adjacent to an activating group) is 2. The first-order valence-corrected chi connectivity index (χ1v) is 11.5. The van der Waals surface area contributed by atoms with Gasteiger partial charge in [0.15, 0.2) is 0 Å². The summed E-state index contributed by atoms with van der Waals surface area (Å²) in [6, 6.07) is 12.3. The van der Waals surface area contributed by atoms with Crippen molar-refractivity contribution in [2.24, 2.45) is 0 Å². The lowest BCUT2D eigenvalue weighted by Gasteiger charge is -2.45. The number of non-ortho nitro benzene ring substituents is 2. The number of benzene rings is 2. The Hall–Kier alpha value is -3.00. The third kappa shape index (κ3) is 5.53. The summed E-state index contributed by atoms with van der Waals surface area (Å²) in [5.74, 6) is 0. The van der Waals surface area contributed by atoms with Crippen molar-refractivity contribution in [3.8, 4) is 0 Å². The lowest BCUT2D eigenvalue weighted by atomic mass is 9.99. The van der Waals surface area contributed by atoms with Gasteiger partial charge in [0.2, 0.25) is 12.6 Å². The van der Waals surface area contributed by atoms with E-state index in [4.69, 9.17) is 18.9 Å². The van der Waals surface area contributed by atoms with Crippen molar-refractivity contribution in [1.29, 1.82) is 0 Å². The van der Waals surface area contributed by atoms with Gasteiger partial charge < -0.3 is 28.7 Å². The van der Waals surface area contributed by atoms with Gasteiger partial charge in [0.1, 0.15) is 12.2 Å². The predicted octanol–water partition coefficient (Wildman–Crippen LogP) is 2.89. The van der Waals surface area contributed by atoms with E-state index in [1.54, 1.807) is 24.3 Å². The van der Waals surface area contributed by atoms with Crippen LogP contribution >= 0.6 is 0 Å². The third-order valence-electron chi connectivity index (χ3n) is 6.54. The summed E-state index contributed by atoms with van der Waals surface area (Å²) in [6.45, 7) is 0.670. The fourth-order valence-corrected chi connectivity index (χ4v) is 4.41. The molecular formula is C24H30N4O8. The first-order chi connectivity index (χ1) is 17.2. The van der Waals surface area contributed by atoms with Crippen molar-refractivity contribution in [1.82, 2.24) is 9.80 Å². The molecule has 0 N–H and O–H groups in total. The van der Waals surface area contributed by atoms with Crippen LogP contribution in [-0.2, 0) is 18.9 Å². The van der Waals surface area contributed by atoms with Crippen LogP contribution in [0.15, 0.2) is 48.5 Å². The van der Waals surface area contributed by atoms with Crippen molar-refractivity contribution >= 4 is 11.4 Å². The number of hydrogen-bond acceptors (Lipinski definition) is 10. The fourth-order valence-electron chi connectivity index (χ4n) is 4.41. The van der Waals surface area contributed by atoms with Crippen LogP contribution in [0, 0.1) is 20.2 Å². The van der Waals surface area contributed by atoms with Crippen LogP contribution in [-0.4, -0.2) is 85.7 Å². The smallest absolute Gasteiger partial charge is 0.269 e. The first-order valence-electron chi connectivity index (χ1n) is 11.5. The molecule has 2 aromatic carbocycles. The van der Waals surface area contributed by atoms with E-state index in [1.165, 1.54) is 24.3 Å². The van der Waals surface area contributed by atoms with Gasteiger partial charge in [0.25, 0.3) is 11.4 Å². The van der Waals surface area contributed by atoms with Gasteiger partial charge in [-0.25, -0.2) is 0 Å². The normalized spacial score (nSPS) is 28.8. The molecule has 2 aliphatic heterocycles. The third-order valence-corrected chi connectivity index (χ3v) is 6.54. The summed E-state index contributed by atoms with van der Waals surface area (Å²) >= 11 is 0. The van der Waals surface area contributed by atoms with Crippen molar-refractivity contribution in [3.05, 3.63) is 79.9 Å². The highest BCUT2D eigenvalue weighted by Gasteiger charge is 2.44. The molecule has 0 radical (unpaired) electrons. The minimum Gasteiger partial charge on any atom is -0.346 e.